The van der Waals surface area contributed by atoms with Crippen LogP contribution >= 0.6 is 0 Å². The number of ether oxygens (including phenoxy) is 2. The van der Waals surface area contributed by atoms with E-state index >= 15 is 0 Å². The van der Waals surface area contributed by atoms with Crippen LogP contribution in [0.1, 0.15) is 17.2 Å². The molecule has 1 N–H and O–H groups in total. The summed E-state index contributed by atoms with van der Waals surface area (Å²) in [6, 6.07) is 17.3. The largest absolute Gasteiger partial charge is 0.493 e. The van der Waals surface area contributed by atoms with Gasteiger partial charge in [-0.05, 0) is 23.3 Å². The van der Waals surface area contributed by atoms with E-state index in [9.17, 15) is 5.26 Å². The van der Waals surface area contributed by atoms with Gasteiger partial charge in [0.2, 0.25) is 0 Å². The Bertz CT molecular complexity index is 620. The maximum absolute atomic E-state index is 9.28. The SMILES string of the molecule is COc1ccc(CN[C@H](C#N)c2ccccc2)cc1OC. The number of nitriles is 1. The molecule has 21 heavy (non-hydrogen) atoms. The topological polar surface area (TPSA) is 54.3 Å². The highest BCUT2D eigenvalue weighted by molar-refractivity contribution is 5.43. The van der Waals surface area contributed by atoms with Gasteiger partial charge >= 0.3 is 0 Å². The van der Waals surface area contributed by atoms with Crippen LogP contribution in [0.5, 0.6) is 11.5 Å². The zero-order valence-electron chi connectivity index (χ0n) is 12.2. The van der Waals surface area contributed by atoms with Crippen molar-refractivity contribution < 1.29 is 9.47 Å². The number of hydrogen-bond donors (Lipinski definition) is 1. The van der Waals surface area contributed by atoms with Crippen LogP contribution in [0, 0.1) is 11.3 Å². The van der Waals surface area contributed by atoms with Gasteiger partial charge in [0.25, 0.3) is 0 Å². The zero-order chi connectivity index (χ0) is 15.1. The Hall–Kier alpha value is -2.51. The maximum atomic E-state index is 9.28. The smallest absolute Gasteiger partial charge is 0.161 e. The first-order valence-corrected chi connectivity index (χ1v) is 6.67. The molecular weight excluding hydrogens is 264 g/mol. The Morgan fingerprint density at radius 2 is 1.76 bits per heavy atom. The Labute approximate surface area is 124 Å². The second kappa shape index (κ2) is 7.32. The summed E-state index contributed by atoms with van der Waals surface area (Å²) in [5.41, 5.74) is 1.99. The standard InChI is InChI=1S/C17H18N2O2/c1-20-16-9-8-13(10-17(16)21-2)12-19-15(11-18)14-6-4-3-5-7-14/h3-10,15,19H,12H2,1-2H3/t15-/m1/s1. The highest BCUT2D eigenvalue weighted by atomic mass is 16.5. The molecule has 0 unspecified atom stereocenters. The van der Waals surface area contributed by atoms with E-state index < -0.39 is 0 Å². The molecule has 0 bridgehead atoms. The fourth-order valence-corrected chi connectivity index (χ4v) is 2.09. The molecule has 0 aliphatic carbocycles. The van der Waals surface area contributed by atoms with Crippen molar-refractivity contribution in [1.82, 2.24) is 5.32 Å². The van der Waals surface area contributed by atoms with Gasteiger partial charge in [0.15, 0.2) is 11.5 Å². The summed E-state index contributed by atoms with van der Waals surface area (Å²) in [7, 11) is 3.22. The van der Waals surface area contributed by atoms with Gasteiger partial charge in [-0.15, -0.1) is 0 Å². The lowest BCUT2D eigenvalue weighted by Gasteiger charge is -2.13. The maximum Gasteiger partial charge on any atom is 0.161 e. The minimum absolute atomic E-state index is 0.334. The second-order valence-corrected chi connectivity index (χ2v) is 4.54. The molecule has 0 radical (unpaired) electrons. The van der Waals surface area contributed by atoms with Crippen LogP contribution in [0.15, 0.2) is 48.5 Å². The van der Waals surface area contributed by atoms with Crippen LogP contribution in [0.25, 0.3) is 0 Å². The van der Waals surface area contributed by atoms with Crippen LogP contribution in [0.2, 0.25) is 0 Å². The van der Waals surface area contributed by atoms with Gasteiger partial charge in [-0.2, -0.15) is 5.26 Å². The minimum atomic E-state index is -0.334. The molecule has 1 atom stereocenters. The van der Waals surface area contributed by atoms with E-state index in [4.69, 9.17) is 9.47 Å². The molecule has 0 amide bonds. The molecule has 2 aromatic rings. The van der Waals surface area contributed by atoms with E-state index in [0.717, 1.165) is 11.1 Å². The van der Waals surface area contributed by atoms with Crippen molar-refractivity contribution in [2.45, 2.75) is 12.6 Å². The van der Waals surface area contributed by atoms with Gasteiger partial charge < -0.3 is 9.47 Å². The van der Waals surface area contributed by atoms with Crippen molar-refractivity contribution in [2.24, 2.45) is 0 Å². The van der Waals surface area contributed by atoms with Gasteiger partial charge in [-0.3, -0.25) is 5.32 Å². The molecule has 0 spiro atoms. The Morgan fingerprint density at radius 1 is 1.05 bits per heavy atom. The van der Waals surface area contributed by atoms with Crippen LogP contribution < -0.4 is 14.8 Å². The third kappa shape index (κ3) is 3.74. The zero-order valence-corrected chi connectivity index (χ0v) is 12.2. The van der Waals surface area contributed by atoms with Gasteiger partial charge in [0, 0.05) is 6.54 Å². The minimum Gasteiger partial charge on any atom is -0.493 e. The summed E-state index contributed by atoms with van der Waals surface area (Å²) in [5.74, 6) is 1.38. The number of nitrogens with one attached hydrogen (secondary N) is 1. The van der Waals surface area contributed by atoms with E-state index in [2.05, 4.69) is 11.4 Å². The molecule has 108 valence electrons. The van der Waals surface area contributed by atoms with Crippen molar-refractivity contribution >= 4 is 0 Å². The Morgan fingerprint density at radius 3 is 2.38 bits per heavy atom. The van der Waals surface area contributed by atoms with Gasteiger partial charge in [-0.1, -0.05) is 36.4 Å². The summed E-state index contributed by atoms with van der Waals surface area (Å²) in [6.07, 6.45) is 0. The fourth-order valence-electron chi connectivity index (χ4n) is 2.09. The molecule has 0 saturated carbocycles. The fraction of sp³-hybridized carbons (Fsp3) is 0.235. The quantitative estimate of drug-likeness (QED) is 0.884. The van der Waals surface area contributed by atoms with Crippen LogP contribution in [0.4, 0.5) is 0 Å². The van der Waals surface area contributed by atoms with Gasteiger partial charge in [-0.25, -0.2) is 0 Å². The first-order valence-electron chi connectivity index (χ1n) is 6.67. The van der Waals surface area contributed by atoms with E-state index in [1.54, 1.807) is 14.2 Å². The average molecular weight is 282 g/mol. The molecule has 2 aromatic carbocycles. The van der Waals surface area contributed by atoms with Gasteiger partial charge in [0.1, 0.15) is 6.04 Å². The first kappa shape index (κ1) is 14.9. The van der Waals surface area contributed by atoms with E-state index in [1.807, 2.05) is 48.5 Å². The number of benzene rings is 2. The lowest BCUT2D eigenvalue weighted by atomic mass is 10.1. The van der Waals surface area contributed by atoms with Crippen LogP contribution in [-0.2, 0) is 6.54 Å². The molecular formula is C17H18N2O2. The lowest BCUT2D eigenvalue weighted by molar-refractivity contribution is 0.354. The molecule has 0 saturated heterocycles. The van der Waals surface area contributed by atoms with Crippen molar-refractivity contribution in [1.29, 1.82) is 5.26 Å². The Balaban J connectivity index is 2.07. The molecule has 0 aliphatic rings. The van der Waals surface area contributed by atoms with E-state index in [-0.39, 0.29) is 6.04 Å². The van der Waals surface area contributed by atoms with Gasteiger partial charge in [0.05, 0.1) is 20.3 Å². The Kier molecular flexibility index (Phi) is 5.19. The normalized spacial score (nSPS) is 11.5. The molecule has 0 aromatic heterocycles. The number of rotatable bonds is 6. The monoisotopic (exact) mass is 282 g/mol. The summed E-state index contributed by atoms with van der Waals surface area (Å²) in [4.78, 5) is 0. The molecule has 0 fully saturated rings. The predicted molar refractivity (Wildman–Crippen MR) is 81.2 cm³/mol. The van der Waals surface area contributed by atoms with Crippen LogP contribution in [-0.4, -0.2) is 14.2 Å². The lowest BCUT2D eigenvalue weighted by Crippen LogP contribution is -2.19. The molecule has 0 heterocycles. The van der Waals surface area contributed by atoms with E-state index in [1.165, 1.54) is 0 Å². The molecule has 0 aliphatic heterocycles. The molecule has 2 rings (SSSR count). The highest BCUT2D eigenvalue weighted by Gasteiger charge is 2.10. The number of methoxy groups -OCH3 is 2. The first-order chi connectivity index (χ1) is 10.3. The summed E-state index contributed by atoms with van der Waals surface area (Å²) < 4.78 is 10.5. The van der Waals surface area contributed by atoms with Crippen molar-refractivity contribution in [2.75, 3.05) is 14.2 Å². The molecule has 4 heteroatoms. The predicted octanol–water partition coefficient (Wildman–Crippen LogP) is 3.06. The number of hydrogen-bond acceptors (Lipinski definition) is 4. The number of nitrogens with zero attached hydrogens (tertiary/aromatic N) is 1. The van der Waals surface area contributed by atoms with Crippen molar-refractivity contribution in [3.8, 4) is 17.6 Å². The van der Waals surface area contributed by atoms with Crippen LogP contribution in [0.3, 0.4) is 0 Å². The third-order valence-corrected chi connectivity index (χ3v) is 3.22. The van der Waals surface area contributed by atoms with Crippen molar-refractivity contribution in [3.05, 3.63) is 59.7 Å². The summed E-state index contributed by atoms with van der Waals surface area (Å²) in [6.45, 7) is 0.577. The average Bonchev–Trinajstić information content (AvgIpc) is 2.56. The van der Waals surface area contributed by atoms with Crippen molar-refractivity contribution in [3.63, 3.8) is 0 Å². The summed E-state index contributed by atoms with van der Waals surface area (Å²) in [5, 5.41) is 12.5. The summed E-state index contributed by atoms with van der Waals surface area (Å²) >= 11 is 0. The molecule has 4 nitrogen and oxygen atoms in total. The third-order valence-electron chi connectivity index (χ3n) is 3.22. The highest BCUT2D eigenvalue weighted by Crippen LogP contribution is 2.27. The second-order valence-electron chi connectivity index (χ2n) is 4.54. The van der Waals surface area contributed by atoms with E-state index in [0.29, 0.717) is 18.0 Å².